The van der Waals surface area contributed by atoms with Gasteiger partial charge in [-0.3, -0.25) is 0 Å². The Morgan fingerprint density at radius 1 is 0.935 bits per heavy atom. The summed E-state index contributed by atoms with van der Waals surface area (Å²) < 4.78 is 98.3. The molecule has 4 atom stereocenters. The van der Waals surface area contributed by atoms with Crippen molar-refractivity contribution in [3.8, 4) is 0 Å². The Bertz CT molecular complexity index is 860. The van der Waals surface area contributed by atoms with Crippen LogP contribution in [0.25, 0.3) is 0 Å². The zero-order valence-corrected chi connectivity index (χ0v) is 16.6. The van der Waals surface area contributed by atoms with Gasteiger partial charge in [-0.05, 0) is 73.7 Å². The highest BCUT2D eigenvalue weighted by molar-refractivity contribution is 5.35. The molecule has 0 radical (unpaired) electrons. The van der Waals surface area contributed by atoms with E-state index in [1.807, 2.05) is 0 Å². The fourth-order valence-corrected chi connectivity index (χ4v) is 4.18. The second kappa shape index (κ2) is 8.78. The van der Waals surface area contributed by atoms with E-state index < -0.39 is 41.5 Å². The minimum absolute atomic E-state index is 0.00917. The van der Waals surface area contributed by atoms with Crippen LogP contribution in [0.2, 0.25) is 0 Å². The topological polar surface area (TPSA) is 35.2 Å². The van der Waals surface area contributed by atoms with Gasteiger partial charge in [0.05, 0.1) is 23.3 Å². The smallest absolute Gasteiger partial charge is 0.370 e. The van der Waals surface area contributed by atoms with Crippen LogP contribution in [0.15, 0.2) is 42.5 Å². The first-order valence-corrected chi connectivity index (χ1v) is 9.80. The third-order valence-electron chi connectivity index (χ3n) is 5.75. The van der Waals surface area contributed by atoms with Crippen LogP contribution < -0.4 is 5.73 Å². The van der Waals surface area contributed by atoms with Crippen LogP contribution in [0.4, 0.5) is 30.7 Å². The highest BCUT2D eigenvalue weighted by Crippen LogP contribution is 2.44. The van der Waals surface area contributed by atoms with Gasteiger partial charge in [0.15, 0.2) is 0 Å². The van der Waals surface area contributed by atoms with Gasteiger partial charge >= 0.3 is 12.4 Å². The Hall–Kier alpha value is -2.13. The quantitative estimate of drug-likeness (QED) is 0.532. The first-order chi connectivity index (χ1) is 14.4. The number of benzene rings is 2. The van der Waals surface area contributed by atoms with E-state index in [-0.39, 0.29) is 23.5 Å². The Morgan fingerprint density at radius 2 is 1.48 bits per heavy atom. The van der Waals surface area contributed by atoms with Crippen LogP contribution in [0.3, 0.4) is 0 Å². The van der Waals surface area contributed by atoms with Crippen LogP contribution in [-0.4, -0.2) is 12.6 Å². The molecule has 0 bridgehead atoms. The lowest BCUT2D eigenvalue weighted by Crippen LogP contribution is -2.26. The van der Waals surface area contributed by atoms with E-state index in [1.165, 1.54) is 19.1 Å². The average molecular weight is 449 g/mol. The van der Waals surface area contributed by atoms with E-state index in [0.29, 0.717) is 31.5 Å². The van der Waals surface area contributed by atoms with Gasteiger partial charge in [-0.1, -0.05) is 12.1 Å². The molecule has 0 saturated heterocycles. The molecule has 0 spiro atoms. The molecule has 1 fully saturated rings. The van der Waals surface area contributed by atoms with Gasteiger partial charge in [0, 0.05) is 5.92 Å². The average Bonchev–Trinajstić information content (AvgIpc) is 3.09. The molecule has 0 heterocycles. The predicted octanol–water partition coefficient (Wildman–Crippen LogP) is 6.46. The minimum Gasteiger partial charge on any atom is -0.370 e. The van der Waals surface area contributed by atoms with E-state index in [9.17, 15) is 30.7 Å². The van der Waals surface area contributed by atoms with Crippen LogP contribution in [0, 0.1) is 11.7 Å². The normalized spacial score (nSPS) is 23.2. The van der Waals surface area contributed by atoms with Gasteiger partial charge in [0.1, 0.15) is 5.82 Å². The van der Waals surface area contributed by atoms with Crippen molar-refractivity contribution in [2.24, 2.45) is 11.7 Å². The van der Waals surface area contributed by atoms with Crippen molar-refractivity contribution < 1.29 is 35.5 Å². The molecule has 170 valence electrons. The maximum atomic E-state index is 13.3. The Balaban J connectivity index is 1.90. The second-order valence-electron chi connectivity index (χ2n) is 7.81. The van der Waals surface area contributed by atoms with Crippen molar-refractivity contribution in [3.63, 3.8) is 0 Å². The summed E-state index contributed by atoms with van der Waals surface area (Å²) >= 11 is 0. The molecule has 2 aromatic carbocycles. The number of hydrogen-bond acceptors (Lipinski definition) is 2. The molecule has 3 rings (SSSR count). The maximum absolute atomic E-state index is 13.3. The highest BCUT2D eigenvalue weighted by Gasteiger charge is 2.40. The summed E-state index contributed by atoms with van der Waals surface area (Å²) in [5.41, 5.74) is 3.65. The van der Waals surface area contributed by atoms with Crippen molar-refractivity contribution in [2.45, 2.75) is 50.2 Å². The van der Waals surface area contributed by atoms with Gasteiger partial charge < -0.3 is 10.5 Å². The number of ether oxygens (including phenoxy) is 1. The molecule has 0 unspecified atom stereocenters. The minimum atomic E-state index is -4.93. The third-order valence-corrected chi connectivity index (χ3v) is 5.75. The Labute approximate surface area is 175 Å². The van der Waals surface area contributed by atoms with E-state index in [0.717, 1.165) is 5.56 Å². The van der Waals surface area contributed by atoms with E-state index in [2.05, 4.69) is 0 Å². The lowest BCUT2D eigenvalue weighted by atomic mass is 9.87. The van der Waals surface area contributed by atoms with Gasteiger partial charge in [-0.25, -0.2) is 4.39 Å². The molecule has 31 heavy (non-hydrogen) atoms. The lowest BCUT2D eigenvalue weighted by Gasteiger charge is -2.28. The number of nitrogens with two attached hydrogens (primary N) is 1. The molecule has 2 N–H and O–H groups in total. The van der Waals surface area contributed by atoms with Gasteiger partial charge in [-0.15, -0.1) is 0 Å². The predicted molar refractivity (Wildman–Crippen MR) is 101 cm³/mol. The van der Waals surface area contributed by atoms with Gasteiger partial charge in [0.25, 0.3) is 0 Å². The van der Waals surface area contributed by atoms with Gasteiger partial charge in [-0.2, -0.15) is 26.3 Å². The third kappa shape index (κ3) is 5.38. The summed E-state index contributed by atoms with van der Waals surface area (Å²) in [6.07, 6.45) is -10.1. The zero-order chi connectivity index (χ0) is 23.0. The largest absolute Gasteiger partial charge is 0.416 e. The fraction of sp³-hybridized carbons (Fsp3) is 0.455. The molecule has 1 saturated carbocycles. The van der Waals surface area contributed by atoms with Crippen LogP contribution in [0.1, 0.15) is 54.0 Å². The monoisotopic (exact) mass is 449 g/mol. The molecule has 0 amide bonds. The number of hydrogen-bond donors (Lipinski definition) is 1. The summed E-state index contributed by atoms with van der Waals surface area (Å²) in [6, 6.07) is 7.25. The number of halogens is 7. The van der Waals surface area contributed by atoms with E-state index in [1.54, 1.807) is 12.1 Å². The lowest BCUT2D eigenvalue weighted by molar-refractivity contribution is -0.143. The molecule has 1 aliphatic carbocycles. The first kappa shape index (κ1) is 23.5. The summed E-state index contributed by atoms with van der Waals surface area (Å²) in [5, 5.41) is 0. The summed E-state index contributed by atoms with van der Waals surface area (Å²) in [5.74, 6) is -0.642. The summed E-state index contributed by atoms with van der Waals surface area (Å²) in [4.78, 5) is 0. The fourth-order valence-electron chi connectivity index (χ4n) is 4.18. The SMILES string of the molecule is C[C@@H](O[C@H]1CC[C@@H](CN)[C@@H]1c1ccc(F)cc1)c1cc(C(F)(F)F)cc(C(F)(F)F)c1. The molecule has 0 aliphatic heterocycles. The highest BCUT2D eigenvalue weighted by atomic mass is 19.4. The standard InChI is InChI=1S/C22H22F7NO/c1-12(15-8-16(21(24,25)26)10-17(9-15)22(27,28)29)31-19-7-4-14(11-30)20(19)13-2-5-18(23)6-3-13/h2-3,5-6,8-10,12,14,19-20H,4,7,11,30H2,1H3/t12-,14+,19+,20+/m1/s1. The zero-order valence-electron chi connectivity index (χ0n) is 16.6. The van der Waals surface area contributed by atoms with Crippen molar-refractivity contribution in [2.75, 3.05) is 6.54 Å². The molecule has 9 heteroatoms. The number of rotatable bonds is 5. The Kier molecular flexibility index (Phi) is 6.67. The van der Waals surface area contributed by atoms with Crippen molar-refractivity contribution in [1.82, 2.24) is 0 Å². The van der Waals surface area contributed by atoms with Crippen LogP contribution in [0.5, 0.6) is 0 Å². The number of alkyl halides is 6. The molecule has 2 aromatic rings. The van der Waals surface area contributed by atoms with Gasteiger partial charge in [0.2, 0.25) is 0 Å². The molecule has 0 aromatic heterocycles. The van der Waals surface area contributed by atoms with Crippen molar-refractivity contribution in [3.05, 3.63) is 70.5 Å². The molecular formula is C22H22F7NO. The first-order valence-electron chi connectivity index (χ1n) is 9.80. The second-order valence-corrected chi connectivity index (χ2v) is 7.81. The van der Waals surface area contributed by atoms with Crippen LogP contribution in [-0.2, 0) is 17.1 Å². The molecular weight excluding hydrogens is 427 g/mol. The van der Waals surface area contributed by atoms with Crippen molar-refractivity contribution in [1.29, 1.82) is 0 Å². The summed E-state index contributed by atoms with van der Waals surface area (Å²) in [7, 11) is 0. The van der Waals surface area contributed by atoms with E-state index >= 15 is 0 Å². The Morgan fingerprint density at radius 3 is 1.97 bits per heavy atom. The maximum Gasteiger partial charge on any atom is 0.416 e. The van der Waals surface area contributed by atoms with Crippen molar-refractivity contribution >= 4 is 0 Å². The van der Waals surface area contributed by atoms with E-state index in [4.69, 9.17) is 10.5 Å². The van der Waals surface area contributed by atoms with Crippen LogP contribution >= 0.6 is 0 Å². The summed E-state index contributed by atoms with van der Waals surface area (Å²) in [6.45, 7) is 1.76. The molecule has 1 aliphatic rings. The molecule has 2 nitrogen and oxygen atoms in total.